The lowest BCUT2D eigenvalue weighted by Crippen LogP contribution is -2.34. The third-order valence-corrected chi connectivity index (χ3v) is 5.61. The molecule has 29 heavy (non-hydrogen) atoms. The first-order valence-electron chi connectivity index (χ1n) is 9.81. The van der Waals surface area contributed by atoms with Gasteiger partial charge in [-0.3, -0.25) is 4.90 Å². The van der Waals surface area contributed by atoms with Crippen molar-refractivity contribution in [1.82, 2.24) is 9.88 Å². The van der Waals surface area contributed by atoms with E-state index in [1.165, 1.54) is 0 Å². The van der Waals surface area contributed by atoms with E-state index in [1.54, 1.807) is 12.1 Å². The van der Waals surface area contributed by atoms with Gasteiger partial charge in [-0.1, -0.05) is 41.9 Å². The molecule has 4 rings (SSSR count). The number of benzene rings is 2. The van der Waals surface area contributed by atoms with E-state index in [9.17, 15) is 9.90 Å². The van der Waals surface area contributed by atoms with Crippen molar-refractivity contribution in [2.45, 2.75) is 31.7 Å². The molecule has 6 heteroatoms. The van der Waals surface area contributed by atoms with Crippen LogP contribution in [0.25, 0.3) is 0 Å². The summed E-state index contributed by atoms with van der Waals surface area (Å²) >= 11 is 5.95. The van der Waals surface area contributed by atoms with Gasteiger partial charge in [0.25, 0.3) is 0 Å². The minimum absolute atomic E-state index is 0.222. The molecule has 1 unspecified atom stereocenters. The summed E-state index contributed by atoms with van der Waals surface area (Å²) in [5.41, 5.74) is 2.35. The average molecular weight is 411 g/mol. The summed E-state index contributed by atoms with van der Waals surface area (Å²) in [7, 11) is 0. The topological polar surface area (TPSA) is 66.6 Å². The maximum atomic E-state index is 11.5. The molecule has 0 radical (unpaired) electrons. The van der Waals surface area contributed by atoms with Gasteiger partial charge in [-0.05, 0) is 48.7 Å². The van der Waals surface area contributed by atoms with Crippen molar-refractivity contribution in [3.8, 4) is 0 Å². The van der Waals surface area contributed by atoms with Crippen LogP contribution in [0.1, 0.15) is 51.9 Å². The Kier molecular flexibility index (Phi) is 5.97. The zero-order valence-electron chi connectivity index (χ0n) is 16.1. The first-order chi connectivity index (χ1) is 14.1. The summed E-state index contributed by atoms with van der Waals surface area (Å²) in [6.07, 6.45) is 4.56. The smallest absolute Gasteiger partial charge is 0.336 e. The molecule has 1 saturated heterocycles. The molecule has 1 aliphatic heterocycles. The number of rotatable bonds is 6. The van der Waals surface area contributed by atoms with Crippen LogP contribution in [0.4, 0.5) is 0 Å². The lowest BCUT2D eigenvalue weighted by Gasteiger charge is -2.31. The monoisotopic (exact) mass is 410 g/mol. The number of carbonyl (C=O) groups is 1. The fourth-order valence-electron chi connectivity index (χ4n) is 3.90. The molecule has 1 aliphatic rings. The van der Waals surface area contributed by atoms with Gasteiger partial charge in [-0.2, -0.15) is 0 Å². The molecule has 0 aliphatic carbocycles. The first-order valence-corrected chi connectivity index (χ1v) is 10.2. The molecule has 0 spiro atoms. The number of halogens is 1. The van der Waals surface area contributed by atoms with Crippen LogP contribution in [0.2, 0.25) is 5.02 Å². The number of nitrogens with zero attached hydrogens (tertiary/aromatic N) is 2. The number of carboxylic acid groups (broad SMARTS) is 1. The number of aromatic nitrogens is 1. The van der Waals surface area contributed by atoms with Crippen molar-refractivity contribution >= 4 is 17.6 Å². The lowest BCUT2D eigenvalue weighted by atomic mass is 9.97. The Balaban J connectivity index is 1.42. The van der Waals surface area contributed by atoms with Crippen molar-refractivity contribution in [2.75, 3.05) is 13.1 Å². The van der Waals surface area contributed by atoms with E-state index in [0.717, 1.165) is 53.7 Å². The maximum Gasteiger partial charge on any atom is 0.336 e. The van der Waals surface area contributed by atoms with Crippen molar-refractivity contribution in [2.24, 2.45) is 0 Å². The Hall–Kier alpha value is -2.63. The Bertz CT molecular complexity index is 984. The van der Waals surface area contributed by atoms with E-state index < -0.39 is 5.97 Å². The highest BCUT2D eigenvalue weighted by molar-refractivity contribution is 6.30. The van der Waals surface area contributed by atoms with Gasteiger partial charge in [0.05, 0.1) is 11.8 Å². The van der Waals surface area contributed by atoms with Crippen LogP contribution in [-0.2, 0) is 13.0 Å². The molecule has 3 aromatic rings. The highest BCUT2D eigenvalue weighted by Gasteiger charge is 2.26. The van der Waals surface area contributed by atoms with Crippen molar-refractivity contribution < 1.29 is 14.3 Å². The third-order valence-electron chi connectivity index (χ3n) is 5.36. The average Bonchev–Trinajstić information content (AvgIpc) is 3.19. The Labute approximate surface area is 174 Å². The van der Waals surface area contributed by atoms with Gasteiger partial charge in [-0.15, -0.1) is 0 Å². The molecule has 0 amide bonds. The summed E-state index contributed by atoms with van der Waals surface area (Å²) in [5.74, 6) is 0.953. The van der Waals surface area contributed by atoms with Crippen molar-refractivity contribution in [3.05, 3.63) is 88.1 Å². The molecule has 1 aromatic heterocycles. The van der Waals surface area contributed by atoms with Gasteiger partial charge < -0.3 is 9.52 Å². The lowest BCUT2D eigenvalue weighted by molar-refractivity contribution is 0.0693. The van der Waals surface area contributed by atoms with Crippen LogP contribution in [0.15, 0.2) is 59.1 Å². The van der Waals surface area contributed by atoms with E-state index >= 15 is 0 Å². The normalized spacial score (nSPS) is 17.3. The van der Waals surface area contributed by atoms with Gasteiger partial charge >= 0.3 is 5.97 Å². The summed E-state index contributed by atoms with van der Waals surface area (Å²) in [4.78, 5) is 18.3. The van der Waals surface area contributed by atoms with Gasteiger partial charge in [0.1, 0.15) is 5.76 Å². The maximum absolute atomic E-state index is 11.5. The van der Waals surface area contributed by atoms with Gasteiger partial charge in [0, 0.05) is 30.5 Å². The fraction of sp³-hybridized carbons (Fsp3) is 0.304. The van der Waals surface area contributed by atoms with E-state index in [4.69, 9.17) is 16.0 Å². The number of hydrogen-bond donors (Lipinski definition) is 1. The minimum Gasteiger partial charge on any atom is -0.478 e. The Morgan fingerprint density at radius 1 is 1.21 bits per heavy atom. The number of hydrogen-bond acceptors (Lipinski definition) is 4. The molecule has 0 saturated carbocycles. The quantitative estimate of drug-likeness (QED) is 0.619. The van der Waals surface area contributed by atoms with Crippen LogP contribution in [0.5, 0.6) is 0 Å². The first kappa shape index (κ1) is 19.7. The van der Waals surface area contributed by atoms with E-state index in [2.05, 4.69) is 9.88 Å². The molecule has 1 fully saturated rings. The predicted octanol–water partition coefficient (Wildman–Crippen LogP) is 5.00. The van der Waals surface area contributed by atoms with E-state index in [1.807, 2.05) is 42.6 Å². The van der Waals surface area contributed by atoms with Crippen LogP contribution < -0.4 is 0 Å². The number of oxazole rings is 1. The predicted molar refractivity (Wildman–Crippen MR) is 111 cm³/mol. The molecule has 0 bridgehead atoms. The van der Waals surface area contributed by atoms with Crippen LogP contribution in [-0.4, -0.2) is 34.0 Å². The molecule has 150 valence electrons. The second-order valence-electron chi connectivity index (χ2n) is 7.50. The Morgan fingerprint density at radius 2 is 2.00 bits per heavy atom. The standard InChI is InChI=1S/C23H23ClN2O3/c24-19-9-7-16(8-10-19)12-20-13-25-22(29-20)18-5-3-11-26(15-18)14-17-4-1-2-6-21(17)23(27)28/h1-2,4,6-10,13,18H,3,5,11-12,14-15H2,(H,27,28). The second kappa shape index (κ2) is 8.80. The van der Waals surface area contributed by atoms with Gasteiger partial charge in [0.15, 0.2) is 5.89 Å². The molecular weight excluding hydrogens is 388 g/mol. The zero-order chi connectivity index (χ0) is 20.2. The molecule has 5 nitrogen and oxygen atoms in total. The molecular formula is C23H23ClN2O3. The molecule has 2 heterocycles. The second-order valence-corrected chi connectivity index (χ2v) is 7.94. The third kappa shape index (κ3) is 4.86. The van der Waals surface area contributed by atoms with Crippen molar-refractivity contribution in [1.29, 1.82) is 0 Å². The number of carboxylic acids is 1. The minimum atomic E-state index is -0.881. The fourth-order valence-corrected chi connectivity index (χ4v) is 4.03. The SMILES string of the molecule is O=C(O)c1ccccc1CN1CCCC(c2ncc(Cc3ccc(Cl)cc3)o2)C1. The summed E-state index contributed by atoms with van der Waals surface area (Å²) < 4.78 is 6.05. The van der Waals surface area contributed by atoms with E-state index in [0.29, 0.717) is 18.5 Å². The summed E-state index contributed by atoms with van der Waals surface area (Å²) in [6.45, 7) is 2.38. The molecule has 1 N–H and O–H groups in total. The number of aromatic carboxylic acids is 1. The van der Waals surface area contributed by atoms with Crippen LogP contribution in [0.3, 0.4) is 0 Å². The number of likely N-dealkylation sites (tertiary alicyclic amines) is 1. The summed E-state index contributed by atoms with van der Waals surface area (Å²) in [5, 5.41) is 10.1. The molecule has 1 atom stereocenters. The number of piperidine rings is 1. The highest BCUT2D eigenvalue weighted by atomic mass is 35.5. The largest absolute Gasteiger partial charge is 0.478 e. The van der Waals surface area contributed by atoms with Gasteiger partial charge in [0.2, 0.25) is 0 Å². The van der Waals surface area contributed by atoms with Crippen LogP contribution in [0, 0.1) is 0 Å². The van der Waals surface area contributed by atoms with Crippen molar-refractivity contribution in [3.63, 3.8) is 0 Å². The van der Waals surface area contributed by atoms with Gasteiger partial charge in [-0.25, -0.2) is 9.78 Å². The summed E-state index contributed by atoms with van der Waals surface area (Å²) in [6, 6.07) is 14.9. The zero-order valence-corrected chi connectivity index (χ0v) is 16.8. The Morgan fingerprint density at radius 3 is 2.79 bits per heavy atom. The van der Waals surface area contributed by atoms with E-state index in [-0.39, 0.29) is 5.92 Å². The van der Waals surface area contributed by atoms with Crippen LogP contribution >= 0.6 is 11.6 Å². The highest BCUT2D eigenvalue weighted by Crippen LogP contribution is 2.28. The molecule has 2 aromatic carbocycles.